The predicted molar refractivity (Wildman–Crippen MR) is 140 cm³/mol. The number of amides is 4. The minimum Gasteiger partial charge on any atom is -0.444 e. The molecule has 0 radical (unpaired) electrons. The highest BCUT2D eigenvalue weighted by Gasteiger charge is 2.37. The number of nitrogens with two attached hydrogens (primary N) is 1. The molecule has 0 aliphatic carbocycles. The number of nitrogens with zero attached hydrogens (tertiary/aromatic N) is 1. The van der Waals surface area contributed by atoms with Crippen LogP contribution in [0, 0.1) is 13.8 Å². The van der Waals surface area contributed by atoms with Crippen molar-refractivity contribution in [3.8, 4) is 0 Å². The fraction of sp³-hybridized carbons (Fsp3) is 0.630. The maximum absolute atomic E-state index is 13.9. The summed E-state index contributed by atoms with van der Waals surface area (Å²) in [4.78, 5) is 53.1. The van der Waals surface area contributed by atoms with Gasteiger partial charge < -0.3 is 26.0 Å². The zero-order valence-electron chi connectivity index (χ0n) is 23.3. The van der Waals surface area contributed by atoms with Crippen molar-refractivity contribution < 1.29 is 23.9 Å². The summed E-state index contributed by atoms with van der Waals surface area (Å²) in [6, 6.07) is 3.68. The highest BCUT2D eigenvalue weighted by molar-refractivity contribution is 5.93. The van der Waals surface area contributed by atoms with Crippen molar-refractivity contribution in [1.29, 1.82) is 0 Å². The van der Waals surface area contributed by atoms with Gasteiger partial charge in [0, 0.05) is 18.5 Å². The van der Waals surface area contributed by atoms with Crippen LogP contribution in [0.1, 0.15) is 90.5 Å². The number of benzene rings is 1. The number of carbonyl (C=O) groups excluding carboxylic acids is 4. The van der Waals surface area contributed by atoms with Crippen LogP contribution in [0.15, 0.2) is 18.2 Å². The lowest BCUT2D eigenvalue weighted by atomic mass is 9.95. The summed E-state index contributed by atoms with van der Waals surface area (Å²) in [5, 5.41) is 5.59. The van der Waals surface area contributed by atoms with Crippen molar-refractivity contribution in [3.05, 3.63) is 34.9 Å². The van der Waals surface area contributed by atoms with Crippen molar-refractivity contribution in [2.75, 3.05) is 6.54 Å². The molecule has 0 bridgehead atoms. The Morgan fingerprint density at radius 3 is 2.14 bits per heavy atom. The van der Waals surface area contributed by atoms with Gasteiger partial charge in [-0.05, 0) is 79.4 Å². The van der Waals surface area contributed by atoms with Crippen LogP contribution in [0.4, 0.5) is 4.79 Å². The molecule has 0 fully saturated rings. The first-order valence-electron chi connectivity index (χ1n) is 12.4. The Morgan fingerprint density at radius 1 is 1.06 bits per heavy atom. The number of alkyl carbamates (subject to hydrolysis) is 1. The van der Waals surface area contributed by atoms with Gasteiger partial charge in [0.25, 0.3) is 0 Å². The van der Waals surface area contributed by atoms with Gasteiger partial charge in [-0.15, -0.1) is 0 Å². The van der Waals surface area contributed by atoms with E-state index in [1.807, 2.05) is 59.7 Å². The molecule has 1 aromatic rings. The number of hydrogen-bond acceptors (Lipinski definition) is 5. The van der Waals surface area contributed by atoms with Crippen LogP contribution in [-0.4, -0.2) is 52.4 Å². The second-order valence-electron chi connectivity index (χ2n) is 11.2. The summed E-state index contributed by atoms with van der Waals surface area (Å²) in [5.74, 6) is -1.42. The molecule has 0 spiro atoms. The fourth-order valence-corrected chi connectivity index (χ4v) is 3.82. The van der Waals surface area contributed by atoms with Gasteiger partial charge in [-0.3, -0.25) is 14.4 Å². The van der Waals surface area contributed by atoms with Crippen LogP contribution in [-0.2, 0) is 19.1 Å². The molecule has 2 unspecified atom stereocenters. The molecular weight excluding hydrogens is 460 g/mol. The van der Waals surface area contributed by atoms with E-state index in [4.69, 9.17) is 10.5 Å². The van der Waals surface area contributed by atoms with Crippen molar-refractivity contribution in [1.82, 2.24) is 15.5 Å². The number of rotatable bonds is 10. The largest absolute Gasteiger partial charge is 0.444 e. The third-order valence-corrected chi connectivity index (χ3v) is 5.19. The van der Waals surface area contributed by atoms with Gasteiger partial charge in [0.05, 0.1) is 0 Å². The summed E-state index contributed by atoms with van der Waals surface area (Å²) in [6.45, 7) is 16.8. The number of carbonyl (C=O) groups is 4. The van der Waals surface area contributed by atoms with Crippen molar-refractivity contribution in [3.63, 3.8) is 0 Å². The molecule has 36 heavy (non-hydrogen) atoms. The molecule has 4 amide bonds. The Morgan fingerprint density at radius 2 is 1.67 bits per heavy atom. The van der Waals surface area contributed by atoms with Crippen LogP contribution in [0.5, 0.6) is 0 Å². The molecule has 0 saturated heterocycles. The Kier molecular flexibility index (Phi) is 10.9. The van der Waals surface area contributed by atoms with Gasteiger partial charge in [-0.25, -0.2) is 4.79 Å². The van der Waals surface area contributed by atoms with Gasteiger partial charge in [0.15, 0.2) is 0 Å². The third kappa shape index (κ3) is 10.3. The molecule has 0 saturated carbocycles. The van der Waals surface area contributed by atoms with E-state index in [1.165, 1.54) is 4.90 Å². The van der Waals surface area contributed by atoms with E-state index in [1.54, 1.807) is 20.8 Å². The highest BCUT2D eigenvalue weighted by Crippen LogP contribution is 2.28. The molecule has 0 aliphatic heterocycles. The SMILES string of the molecule is CCCN(C(=O)C(CCC(N)=O)NC(=O)OC(C)(C)C)C(C(=O)NC(C)(C)C)c1ccc(C)cc1C. The maximum atomic E-state index is 13.9. The number of ether oxygens (including phenoxy) is 1. The van der Waals surface area contributed by atoms with Gasteiger partial charge >= 0.3 is 6.09 Å². The lowest BCUT2D eigenvalue weighted by molar-refractivity contribution is -0.143. The highest BCUT2D eigenvalue weighted by atomic mass is 16.6. The lowest BCUT2D eigenvalue weighted by Crippen LogP contribution is -2.55. The van der Waals surface area contributed by atoms with Crippen molar-refractivity contribution in [2.45, 2.75) is 105 Å². The standard InChI is InChI=1S/C27H44N4O5/c1-10-15-31(24(34)20(13-14-21(28)32)29-25(35)36-27(7,8)9)22(23(33)30-26(4,5)6)19-12-11-17(2)16-18(19)3/h11-12,16,20,22H,10,13-15H2,1-9H3,(H2,28,32)(H,29,35)(H,30,33). The van der Waals surface area contributed by atoms with Gasteiger partial charge in [-0.2, -0.15) is 0 Å². The van der Waals surface area contributed by atoms with E-state index >= 15 is 0 Å². The zero-order chi connectivity index (χ0) is 27.8. The van der Waals surface area contributed by atoms with E-state index < -0.39 is 41.1 Å². The van der Waals surface area contributed by atoms with Crippen LogP contribution in [0.25, 0.3) is 0 Å². The third-order valence-electron chi connectivity index (χ3n) is 5.19. The molecule has 1 aromatic carbocycles. The normalized spacial score (nSPS) is 13.4. The Balaban J connectivity index is 3.54. The van der Waals surface area contributed by atoms with Crippen molar-refractivity contribution >= 4 is 23.8 Å². The topological polar surface area (TPSA) is 131 Å². The monoisotopic (exact) mass is 504 g/mol. The van der Waals surface area contributed by atoms with Gasteiger partial charge in [0.2, 0.25) is 17.7 Å². The zero-order valence-corrected chi connectivity index (χ0v) is 23.3. The molecule has 0 heterocycles. The summed E-state index contributed by atoms with van der Waals surface area (Å²) in [6.07, 6.45) is -0.350. The summed E-state index contributed by atoms with van der Waals surface area (Å²) in [5.41, 5.74) is 6.62. The predicted octanol–water partition coefficient (Wildman–Crippen LogP) is 3.66. The molecule has 9 nitrogen and oxygen atoms in total. The van der Waals surface area contributed by atoms with Gasteiger partial charge in [0.1, 0.15) is 17.7 Å². The van der Waals surface area contributed by atoms with E-state index in [9.17, 15) is 19.2 Å². The first-order valence-corrected chi connectivity index (χ1v) is 12.4. The van der Waals surface area contributed by atoms with E-state index in [0.29, 0.717) is 12.0 Å². The first-order chi connectivity index (χ1) is 16.4. The molecule has 2 atom stereocenters. The molecule has 202 valence electrons. The van der Waals surface area contributed by atoms with E-state index in [2.05, 4.69) is 10.6 Å². The summed E-state index contributed by atoms with van der Waals surface area (Å²) in [7, 11) is 0. The van der Waals surface area contributed by atoms with E-state index in [-0.39, 0.29) is 25.3 Å². The molecule has 0 aliphatic rings. The number of hydrogen-bond donors (Lipinski definition) is 3. The minimum atomic E-state index is -1.10. The molecular formula is C27H44N4O5. The first kappa shape index (κ1) is 30.9. The van der Waals surface area contributed by atoms with Crippen molar-refractivity contribution in [2.24, 2.45) is 5.73 Å². The van der Waals surface area contributed by atoms with Crippen LogP contribution < -0.4 is 16.4 Å². The minimum absolute atomic E-state index is 0.0197. The number of aryl methyl sites for hydroxylation is 2. The Labute approximate surface area is 215 Å². The molecule has 4 N–H and O–H groups in total. The number of primary amides is 1. The Hall–Kier alpha value is -3.10. The lowest BCUT2D eigenvalue weighted by Gasteiger charge is -2.36. The van der Waals surface area contributed by atoms with E-state index in [0.717, 1.165) is 11.1 Å². The average Bonchev–Trinajstić information content (AvgIpc) is 2.68. The smallest absolute Gasteiger partial charge is 0.408 e. The summed E-state index contributed by atoms with van der Waals surface area (Å²) < 4.78 is 5.34. The second kappa shape index (κ2) is 12.7. The summed E-state index contributed by atoms with van der Waals surface area (Å²) >= 11 is 0. The number of nitrogens with one attached hydrogen (secondary N) is 2. The molecule has 1 rings (SSSR count). The maximum Gasteiger partial charge on any atom is 0.408 e. The molecule has 0 aromatic heterocycles. The average molecular weight is 505 g/mol. The second-order valence-corrected chi connectivity index (χ2v) is 11.2. The van der Waals surface area contributed by atoms with Crippen LogP contribution >= 0.6 is 0 Å². The van der Waals surface area contributed by atoms with Crippen LogP contribution in [0.3, 0.4) is 0 Å². The Bertz CT molecular complexity index is 946. The van der Waals surface area contributed by atoms with Crippen LogP contribution in [0.2, 0.25) is 0 Å². The fourth-order valence-electron chi connectivity index (χ4n) is 3.82. The molecule has 9 heteroatoms. The van der Waals surface area contributed by atoms with Gasteiger partial charge in [-0.1, -0.05) is 30.7 Å². The quantitative estimate of drug-likeness (QED) is 0.448.